The Balaban J connectivity index is 2.03. The Morgan fingerprint density at radius 1 is 1.04 bits per heavy atom. The molecule has 7 heteroatoms. The van der Waals surface area contributed by atoms with Gasteiger partial charge in [0.1, 0.15) is 0 Å². The molecule has 0 aliphatic rings. The second-order valence-electron chi connectivity index (χ2n) is 5.68. The number of carbonyl (C=O) groups excluding carboxylic acids is 1. The average Bonchev–Trinajstić information content (AvgIpc) is 2.63. The van der Waals surface area contributed by atoms with E-state index in [9.17, 15) is 13.2 Å². The van der Waals surface area contributed by atoms with Crippen LogP contribution in [0.4, 0.5) is 5.69 Å². The van der Waals surface area contributed by atoms with Crippen LogP contribution in [0.3, 0.4) is 0 Å². The van der Waals surface area contributed by atoms with Gasteiger partial charge in [0.15, 0.2) is 0 Å². The Bertz CT molecular complexity index is 818. The highest BCUT2D eigenvalue weighted by Gasteiger charge is 2.21. The van der Waals surface area contributed by atoms with E-state index in [0.717, 1.165) is 4.90 Å². The zero-order valence-corrected chi connectivity index (χ0v) is 16.8. The second kappa shape index (κ2) is 9.21. The highest BCUT2D eigenvalue weighted by molar-refractivity contribution is 8.00. The summed E-state index contributed by atoms with van der Waals surface area (Å²) in [4.78, 5) is 13.6. The summed E-state index contributed by atoms with van der Waals surface area (Å²) < 4.78 is 26.4. The monoisotopic (exact) mass is 392 g/mol. The van der Waals surface area contributed by atoms with Gasteiger partial charge in [0.25, 0.3) is 0 Å². The lowest BCUT2D eigenvalue weighted by Crippen LogP contribution is -2.30. The third kappa shape index (κ3) is 5.09. The van der Waals surface area contributed by atoms with Gasteiger partial charge < -0.3 is 5.32 Å². The molecule has 26 heavy (non-hydrogen) atoms. The SMILES string of the molecule is CCN(CC)S(=O)(=O)c1ccc(NC(=O)C(C)Sc2ccccc2)cc1. The average molecular weight is 393 g/mol. The molecule has 1 atom stereocenters. The van der Waals surface area contributed by atoms with Crippen LogP contribution in [0.1, 0.15) is 20.8 Å². The fraction of sp³-hybridized carbons (Fsp3) is 0.316. The first-order chi connectivity index (χ1) is 12.4. The number of hydrogen-bond donors (Lipinski definition) is 1. The van der Waals surface area contributed by atoms with E-state index in [4.69, 9.17) is 0 Å². The van der Waals surface area contributed by atoms with Crippen molar-refractivity contribution < 1.29 is 13.2 Å². The maximum absolute atomic E-state index is 12.5. The number of amides is 1. The summed E-state index contributed by atoms with van der Waals surface area (Å²) in [5, 5.41) is 2.56. The number of nitrogens with one attached hydrogen (secondary N) is 1. The maximum Gasteiger partial charge on any atom is 0.243 e. The Labute approximate surface area is 159 Å². The van der Waals surface area contributed by atoms with E-state index in [1.807, 2.05) is 37.3 Å². The van der Waals surface area contributed by atoms with E-state index in [2.05, 4.69) is 5.32 Å². The topological polar surface area (TPSA) is 66.5 Å². The van der Waals surface area contributed by atoms with Crippen molar-refractivity contribution in [3.05, 3.63) is 54.6 Å². The van der Waals surface area contributed by atoms with Crippen molar-refractivity contribution in [3.8, 4) is 0 Å². The molecular weight excluding hydrogens is 368 g/mol. The summed E-state index contributed by atoms with van der Waals surface area (Å²) >= 11 is 1.47. The van der Waals surface area contributed by atoms with Gasteiger partial charge in [0.2, 0.25) is 15.9 Å². The molecule has 0 radical (unpaired) electrons. The van der Waals surface area contributed by atoms with Crippen LogP contribution in [0, 0.1) is 0 Å². The molecule has 1 N–H and O–H groups in total. The summed E-state index contributed by atoms with van der Waals surface area (Å²) in [6.45, 7) is 6.30. The van der Waals surface area contributed by atoms with Crippen LogP contribution in [-0.4, -0.2) is 37.0 Å². The van der Waals surface area contributed by atoms with E-state index in [-0.39, 0.29) is 16.1 Å². The fourth-order valence-electron chi connectivity index (χ4n) is 2.42. The third-order valence-corrected chi connectivity index (χ3v) is 7.07. The minimum Gasteiger partial charge on any atom is -0.325 e. The second-order valence-corrected chi connectivity index (χ2v) is 9.03. The number of carbonyl (C=O) groups is 1. The Morgan fingerprint density at radius 2 is 1.62 bits per heavy atom. The number of rotatable bonds is 8. The van der Waals surface area contributed by atoms with Crippen molar-refractivity contribution in [2.45, 2.75) is 35.8 Å². The van der Waals surface area contributed by atoms with Crippen LogP contribution < -0.4 is 5.32 Å². The number of benzene rings is 2. The predicted octanol–water partition coefficient (Wildman–Crippen LogP) is 3.84. The van der Waals surface area contributed by atoms with Gasteiger partial charge >= 0.3 is 0 Å². The number of anilines is 1. The van der Waals surface area contributed by atoms with Crippen LogP contribution in [-0.2, 0) is 14.8 Å². The van der Waals surface area contributed by atoms with Gasteiger partial charge in [0, 0.05) is 23.7 Å². The Hall–Kier alpha value is -1.83. The van der Waals surface area contributed by atoms with Crippen molar-refractivity contribution in [1.82, 2.24) is 4.31 Å². The summed E-state index contributed by atoms with van der Waals surface area (Å²) in [6.07, 6.45) is 0. The van der Waals surface area contributed by atoms with Crippen molar-refractivity contribution in [2.24, 2.45) is 0 Å². The minimum absolute atomic E-state index is 0.127. The molecule has 0 spiro atoms. The molecule has 1 unspecified atom stereocenters. The quantitative estimate of drug-likeness (QED) is 0.693. The molecule has 1 amide bonds. The molecule has 0 fully saturated rings. The van der Waals surface area contributed by atoms with Crippen LogP contribution in [0.25, 0.3) is 0 Å². The van der Waals surface area contributed by atoms with E-state index in [1.54, 1.807) is 26.0 Å². The van der Waals surface area contributed by atoms with Crippen LogP contribution >= 0.6 is 11.8 Å². The van der Waals surface area contributed by atoms with Crippen molar-refractivity contribution in [2.75, 3.05) is 18.4 Å². The van der Waals surface area contributed by atoms with E-state index < -0.39 is 10.0 Å². The molecule has 2 rings (SSSR count). The van der Waals surface area contributed by atoms with Gasteiger partial charge in [0.05, 0.1) is 10.1 Å². The van der Waals surface area contributed by atoms with Gasteiger partial charge in [-0.3, -0.25) is 4.79 Å². The van der Waals surface area contributed by atoms with Crippen LogP contribution in [0.2, 0.25) is 0 Å². The first-order valence-corrected chi connectivity index (χ1v) is 10.8. The number of sulfonamides is 1. The molecule has 0 saturated carbocycles. The Morgan fingerprint density at radius 3 is 2.15 bits per heavy atom. The first-order valence-electron chi connectivity index (χ1n) is 8.51. The van der Waals surface area contributed by atoms with Crippen molar-refractivity contribution >= 4 is 33.4 Å². The molecule has 0 aliphatic carbocycles. The van der Waals surface area contributed by atoms with Gasteiger partial charge in [-0.15, -0.1) is 11.8 Å². The smallest absolute Gasteiger partial charge is 0.243 e. The van der Waals surface area contributed by atoms with Crippen LogP contribution in [0.15, 0.2) is 64.4 Å². The molecular formula is C19H24N2O3S2. The molecule has 0 aliphatic heterocycles. The standard InChI is InChI=1S/C19H24N2O3S2/c1-4-21(5-2)26(23,24)18-13-11-16(12-14-18)20-19(22)15(3)25-17-9-7-6-8-10-17/h6-15H,4-5H2,1-3H3,(H,20,22). The normalized spacial score (nSPS) is 12.8. The first kappa shape index (κ1) is 20.5. The van der Waals surface area contributed by atoms with Crippen molar-refractivity contribution in [1.29, 1.82) is 0 Å². The maximum atomic E-state index is 12.5. The van der Waals surface area contributed by atoms with Crippen molar-refractivity contribution in [3.63, 3.8) is 0 Å². The van der Waals surface area contributed by atoms with E-state index in [1.165, 1.54) is 28.2 Å². The summed E-state index contributed by atoms with van der Waals surface area (Å²) in [5.74, 6) is -0.127. The van der Waals surface area contributed by atoms with E-state index >= 15 is 0 Å². The Kier molecular flexibility index (Phi) is 7.25. The zero-order valence-electron chi connectivity index (χ0n) is 15.2. The highest BCUT2D eigenvalue weighted by Crippen LogP contribution is 2.24. The lowest BCUT2D eigenvalue weighted by Gasteiger charge is -2.18. The van der Waals surface area contributed by atoms with Gasteiger partial charge in [-0.2, -0.15) is 4.31 Å². The van der Waals surface area contributed by atoms with Gasteiger partial charge in [-0.25, -0.2) is 8.42 Å². The molecule has 0 aromatic heterocycles. The van der Waals surface area contributed by atoms with Gasteiger partial charge in [-0.1, -0.05) is 32.0 Å². The summed E-state index contributed by atoms with van der Waals surface area (Å²) in [7, 11) is -3.49. The molecule has 0 saturated heterocycles. The molecule has 140 valence electrons. The van der Waals surface area contributed by atoms with Crippen LogP contribution in [0.5, 0.6) is 0 Å². The molecule has 5 nitrogen and oxygen atoms in total. The molecule has 2 aromatic carbocycles. The lowest BCUT2D eigenvalue weighted by molar-refractivity contribution is -0.115. The largest absolute Gasteiger partial charge is 0.325 e. The molecule has 0 heterocycles. The fourth-order valence-corrected chi connectivity index (χ4v) is 4.77. The molecule has 0 bridgehead atoms. The number of hydrogen-bond acceptors (Lipinski definition) is 4. The van der Waals surface area contributed by atoms with Gasteiger partial charge in [-0.05, 0) is 43.3 Å². The zero-order chi connectivity index (χ0) is 19.2. The predicted molar refractivity (Wildman–Crippen MR) is 107 cm³/mol. The molecule has 2 aromatic rings. The third-order valence-electron chi connectivity index (χ3n) is 3.89. The summed E-state index contributed by atoms with van der Waals surface area (Å²) in [6, 6.07) is 16.0. The number of nitrogens with zero attached hydrogens (tertiary/aromatic N) is 1. The minimum atomic E-state index is -3.49. The summed E-state index contributed by atoms with van der Waals surface area (Å²) in [5.41, 5.74) is 0.578. The lowest BCUT2D eigenvalue weighted by atomic mass is 10.3. The highest BCUT2D eigenvalue weighted by atomic mass is 32.2. The van der Waals surface area contributed by atoms with E-state index in [0.29, 0.717) is 18.8 Å². The number of thioether (sulfide) groups is 1.